The zero-order chi connectivity index (χ0) is 20.0. The minimum atomic E-state index is -0.439. The molecule has 1 aliphatic heterocycles. The summed E-state index contributed by atoms with van der Waals surface area (Å²) in [6, 6.07) is 13.4. The second-order valence-electron chi connectivity index (χ2n) is 7.08. The van der Waals surface area contributed by atoms with E-state index < -0.39 is 4.92 Å². The van der Waals surface area contributed by atoms with E-state index in [1.54, 1.807) is 24.3 Å². The fourth-order valence-electron chi connectivity index (χ4n) is 3.93. The number of fused-ring (bicyclic) bond motifs is 1. The number of alkyl halides is 2. The number of hydrogen-bond donors (Lipinski definition) is 0. The third kappa shape index (κ3) is 3.28. The first-order chi connectivity index (χ1) is 13.4. The minimum Gasteiger partial charge on any atom is -0.274 e. The van der Waals surface area contributed by atoms with Crippen molar-refractivity contribution < 1.29 is 14.5 Å². The van der Waals surface area contributed by atoms with Crippen molar-refractivity contribution in [2.24, 2.45) is 11.8 Å². The van der Waals surface area contributed by atoms with Crippen LogP contribution >= 0.6 is 31.9 Å². The van der Waals surface area contributed by atoms with Gasteiger partial charge in [0.05, 0.1) is 22.4 Å². The zero-order valence-corrected chi connectivity index (χ0v) is 17.8. The number of halogens is 2. The summed E-state index contributed by atoms with van der Waals surface area (Å²) in [6.45, 7) is 0. The van der Waals surface area contributed by atoms with Crippen LogP contribution in [0, 0.1) is 22.0 Å². The molecule has 1 heterocycles. The van der Waals surface area contributed by atoms with Gasteiger partial charge in [-0.1, -0.05) is 44.0 Å². The molecule has 0 unspecified atom stereocenters. The van der Waals surface area contributed by atoms with Crippen molar-refractivity contribution in [3.05, 3.63) is 58.6 Å². The quantitative estimate of drug-likeness (QED) is 0.261. The second-order valence-corrected chi connectivity index (χ2v) is 9.43. The van der Waals surface area contributed by atoms with Crippen LogP contribution in [-0.4, -0.2) is 26.4 Å². The first kappa shape index (κ1) is 19.3. The number of nitro benzene ring substituents is 1. The highest BCUT2D eigenvalue weighted by atomic mass is 79.9. The SMILES string of the molecule is O=C1[C@H]2C[C@@H](Br)[C@H](Br)C[C@@H]2C(=O)N1c1ccc(-c2ccc([N+](=O)[O-])cc2)cc1. The molecule has 0 spiro atoms. The molecule has 2 amide bonds. The molecule has 2 aromatic carbocycles. The number of amides is 2. The summed E-state index contributed by atoms with van der Waals surface area (Å²) in [5.74, 6) is -0.830. The zero-order valence-electron chi connectivity index (χ0n) is 14.6. The second kappa shape index (κ2) is 7.40. The number of hydrogen-bond acceptors (Lipinski definition) is 4. The largest absolute Gasteiger partial charge is 0.274 e. The van der Waals surface area contributed by atoms with E-state index in [2.05, 4.69) is 31.9 Å². The first-order valence-corrected chi connectivity index (χ1v) is 10.7. The average molecular weight is 508 g/mol. The van der Waals surface area contributed by atoms with Crippen LogP contribution in [0.4, 0.5) is 11.4 Å². The molecule has 2 aliphatic rings. The molecule has 0 radical (unpaired) electrons. The third-order valence-corrected chi connectivity index (χ3v) is 8.18. The van der Waals surface area contributed by atoms with Crippen LogP contribution in [0.3, 0.4) is 0 Å². The van der Waals surface area contributed by atoms with E-state index in [9.17, 15) is 19.7 Å². The van der Waals surface area contributed by atoms with Gasteiger partial charge in [0.2, 0.25) is 11.8 Å². The van der Waals surface area contributed by atoms with E-state index in [1.807, 2.05) is 12.1 Å². The summed E-state index contributed by atoms with van der Waals surface area (Å²) in [5.41, 5.74) is 2.28. The highest BCUT2D eigenvalue weighted by Gasteiger charge is 2.52. The van der Waals surface area contributed by atoms with Crippen LogP contribution < -0.4 is 4.90 Å². The Morgan fingerprint density at radius 1 is 0.821 bits per heavy atom. The minimum absolute atomic E-state index is 0.0337. The fourth-order valence-corrected chi connectivity index (χ4v) is 5.17. The van der Waals surface area contributed by atoms with Gasteiger partial charge in [-0.3, -0.25) is 24.6 Å². The Hall–Kier alpha value is -2.06. The van der Waals surface area contributed by atoms with Crippen LogP contribution in [0.25, 0.3) is 11.1 Å². The number of rotatable bonds is 3. The van der Waals surface area contributed by atoms with E-state index >= 15 is 0 Å². The summed E-state index contributed by atoms with van der Waals surface area (Å²) in [4.78, 5) is 37.7. The van der Waals surface area contributed by atoms with Gasteiger partial charge >= 0.3 is 0 Å². The van der Waals surface area contributed by atoms with Crippen molar-refractivity contribution >= 4 is 55.0 Å². The van der Waals surface area contributed by atoms with E-state index in [1.165, 1.54) is 17.0 Å². The predicted molar refractivity (Wildman–Crippen MR) is 113 cm³/mol. The Morgan fingerprint density at radius 3 is 1.68 bits per heavy atom. The van der Waals surface area contributed by atoms with E-state index in [0.717, 1.165) is 11.1 Å². The van der Waals surface area contributed by atoms with Gasteiger partial charge in [-0.25, -0.2) is 0 Å². The summed E-state index contributed by atoms with van der Waals surface area (Å²) in [7, 11) is 0. The van der Waals surface area contributed by atoms with Gasteiger partial charge < -0.3 is 0 Å². The van der Waals surface area contributed by atoms with Gasteiger partial charge in [0.15, 0.2) is 0 Å². The number of anilines is 1. The fraction of sp³-hybridized carbons (Fsp3) is 0.300. The number of benzene rings is 2. The number of carbonyl (C=O) groups excluding carboxylic acids is 2. The normalized spacial score (nSPS) is 27.0. The Kier molecular flexibility index (Phi) is 5.09. The lowest BCUT2D eigenvalue weighted by Crippen LogP contribution is -2.34. The number of non-ortho nitro benzene ring substituents is 1. The highest BCUT2D eigenvalue weighted by Crippen LogP contribution is 2.44. The molecular weight excluding hydrogens is 492 g/mol. The molecule has 8 heteroatoms. The molecule has 1 saturated carbocycles. The number of imide groups is 1. The van der Waals surface area contributed by atoms with Gasteiger partial charge in [-0.05, 0) is 48.2 Å². The third-order valence-electron chi connectivity index (χ3n) is 5.45. The molecule has 0 bridgehead atoms. The Labute approximate surface area is 178 Å². The van der Waals surface area contributed by atoms with Gasteiger partial charge in [-0.15, -0.1) is 0 Å². The topological polar surface area (TPSA) is 80.5 Å². The molecule has 2 aromatic rings. The standard InChI is InChI=1S/C20H16Br2N2O4/c21-17-9-15-16(10-18(17)22)20(26)23(19(15)25)13-5-1-11(2-6-13)12-3-7-14(8-4-12)24(27)28/h1-8,15-18H,9-10H2/t15-,16-,17+,18+/m0/s1. The molecule has 4 rings (SSSR count). The van der Waals surface area contributed by atoms with Crippen molar-refractivity contribution in [1.82, 2.24) is 0 Å². The lowest BCUT2D eigenvalue weighted by atomic mass is 9.81. The van der Waals surface area contributed by atoms with Crippen LogP contribution in [0.15, 0.2) is 48.5 Å². The Bertz CT molecular complexity index is 918. The van der Waals surface area contributed by atoms with Crippen LogP contribution in [0.2, 0.25) is 0 Å². The lowest BCUT2D eigenvalue weighted by molar-refractivity contribution is -0.384. The van der Waals surface area contributed by atoms with Crippen molar-refractivity contribution in [3.8, 4) is 11.1 Å². The molecular formula is C20H16Br2N2O4. The van der Waals surface area contributed by atoms with Gasteiger partial charge in [-0.2, -0.15) is 0 Å². The highest BCUT2D eigenvalue weighted by molar-refractivity contribution is 9.12. The summed E-state index contributed by atoms with van der Waals surface area (Å²) in [5, 5.41) is 10.8. The molecule has 28 heavy (non-hydrogen) atoms. The van der Waals surface area contributed by atoms with Crippen LogP contribution in [0.5, 0.6) is 0 Å². The molecule has 1 saturated heterocycles. The Morgan fingerprint density at radius 2 is 1.25 bits per heavy atom. The monoisotopic (exact) mass is 506 g/mol. The maximum Gasteiger partial charge on any atom is 0.269 e. The van der Waals surface area contributed by atoms with Crippen LogP contribution in [0.1, 0.15) is 12.8 Å². The molecule has 144 valence electrons. The summed E-state index contributed by atoms with van der Waals surface area (Å²) >= 11 is 7.18. The summed E-state index contributed by atoms with van der Waals surface area (Å²) < 4.78 is 0. The van der Waals surface area contributed by atoms with Gasteiger partial charge in [0.25, 0.3) is 5.69 Å². The maximum absolute atomic E-state index is 12.9. The van der Waals surface area contributed by atoms with Crippen molar-refractivity contribution in [1.29, 1.82) is 0 Å². The van der Waals surface area contributed by atoms with E-state index in [0.29, 0.717) is 18.5 Å². The smallest absolute Gasteiger partial charge is 0.269 e. The molecule has 1 aliphatic carbocycles. The molecule has 0 N–H and O–H groups in total. The summed E-state index contributed by atoms with van der Waals surface area (Å²) in [6.07, 6.45) is 1.28. The Balaban J connectivity index is 1.58. The van der Waals surface area contributed by atoms with Crippen molar-refractivity contribution in [2.45, 2.75) is 22.5 Å². The number of nitro groups is 1. The van der Waals surface area contributed by atoms with E-state index in [-0.39, 0.29) is 39.0 Å². The van der Waals surface area contributed by atoms with Crippen molar-refractivity contribution in [3.63, 3.8) is 0 Å². The number of nitrogens with zero attached hydrogens (tertiary/aromatic N) is 2. The van der Waals surface area contributed by atoms with Crippen LogP contribution in [-0.2, 0) is 9.59 Å². The van der Waals surface area contributed by atoms with Crippen molar-refractivity contribution in [2.75, 3.05) is 4.90 Å². The van der Waals surface area contributed by atoms with Gasteiger partial charge in [0, 0.05) is 21.8 Å². The average Bonchev–Trinajstić information content (AvgIpc) is 2.92. The van der Waals surface area contributed by atoms with E-state index in [4.69, 9.17) is 0 Å². The molecule has 0 aromatic heterocycles. The molecule has 6 nitrogen and oxygen atoms in total. The van der Waals surface area contributed by atoms with Gasteiger partial charge in [0.1, 0.15) is 0 Å². The maximum atomic E-state index is 12.9. The first-order valence-electron chi connectivity index (χ1n) is 8.87. The predicted octanol–water partition coefficient (Wildman–Crippen LogP) is 4.69. The number of carbonyl (C=O) groups is 2. The molecule has 4 atom stereocenters. The lowest BCUT2D eigenvalue weighted by Gasteiger charge is -2.29. The molecule has 2 fully saturated rings.